The van der Waals surface area contributed by atoms with Crippen molar-refractivity contribution in [1.82, 2.24) is 4.90 Å². The highest BCUT2D eigenvalue weighted by Crippen LogP contribution is 2.28. The highest BCUT2D eigenvalue weighted by atomic mass is 16.2. The Hall–Kier alpha value is -3.44. The molecule has 0 aromatic heterocycles. The van der Waals surface area contributed by atoms with E-state index in [1.807, 2.05) is 83.8 Å². The lowest BCUT2D eigenvalue weighted by molar-refractivity contribution is -0.125. The lowest BCUT2D eigenvalue weighted by Gasteiger charge is -2.34. The Labute approximate surface area is 170 Å². The fraction of sp³-hybridized carbons (Fsp3) is 0.167. The molecular weight excluding hydrogens is 362 g/mol. The van der Waals surface area contributed by atoms with Crippen LogP contribution in [0.15, 0.2) is 78.9 Å². The van der Waals surface area contributed by atoms with Gasteiger partial charge in [0, 0.05) is 17.8 Å². The first-order valence-electron chi connectivity index (χ1n) is 9.66. The monoisotopic (exact) mass is 385 g/mol. The topological polar surface area (TPSA) is 75.4 Å². The minimum atomic E-state index is -0.486. The smallest absolute Gasteiger partial charge is 0.238 e. The molecule has 0 spiro atoms. The Morgan fingerprint density at radius 3 is 2.31 bits per heavy atom. The molecule has 5 nitrogen and oxygen atoms in total. The van der Waals surface area contributed by atoms with E-state index in [-0.39, 0.29) is 12.5 Å². The van der Waals surface area contributed by atoms with Crippen LogP contribution in [0.5, 0.6) is 0 Å². The van der Waals surface area contributed by atoms with E-state index in [9.17, 15) is 9.59 Å². The first kappa shape index (κ1) is 18.9. The largest absolute Gasteiger partial charge is 0.368 e. The molecule has 4 rings (SSSR count). The number of rotatable bonds is 5. The van der Waals surface area contributed by atoms with Gasteiger partial charge in [-0.1, -0.05) is 72.8 Å². The summed E-state index contributed by atoms with van der Waals surface area (Å²) in [6.07, 6.45) is 0.527. The number of benzene rings is 3. The zero-order valence-corrected chi connectivity index (χ0v) is 16.0. The van der Waals surface area contributed by atoms with E-state index in [1.165, 1.54) is 0 Å². The number of nitrogens with one attached hydrogen (secondary N) is 1. The van der Waals surface area contributed by atoms with Gasteiger partial charge < -0.3 is 11.1 Å². The summed E-state index contributed by atoms with van der Waals surface area (Å²) < 4.78 is 0. The van der Waals surface area contributed by atoms with Gasteiger partial charge in [0.2, 0.25) is 11.8 Å². The minimum Gasteiger partial charge on any atom is -0.368 e. The van der Waals surface area contributed by atoms with Crippen molar-refractivity contribution in [1.29, 1.82) is 0 Å². The number of nitrogens with zero attached hydrogens (tertiary/aromatic N) is 1. The molecule has 2 amide bonds. The molecule has 3 aromatic carbocycles. The fourth-order valence-electron chi connectivity index (χ4n) is 3.86. The highest BCUT2D eigenvalue weighted by molar-refractivity contribution is 5.97. The van der Waals surface area contributed by atoms with Gasteiger partial charge in [0.1, 0.15) is 0 Å². The number of primary amides is 1. The number of nitrogens with two attached hydrogens (primary N) is 1. The number of carbonyl (C=O) groups is 2. The maximum atomic E-state index is 12.8. The molecule has 0 aliphatic carbocycles. The Morgan fingerprint density at radius 2 is 1.55 bits per heavy atom. The molecular formula is C24H23N3O2. The molecule has 1 aliphatic rings. The van der Waals surface area contributed by atoms with Gasteiger partial charge in [-0.3, -0.25) is 14.5 Å². The predicted octanol–water partition coefficient (Wildman–Crippen LogP) is 3.20. The molecule has 1 atom stereocenters. The Kier molecular flexibility index (Phi) is 5.40. The standard InChI is InChI=1S/C24H23N3O2/c25-24(29)22-14-18-10-4-5-11-19(18)15-27(22)16-23(28)26-21-13-7-6-12-20(21)17-8-2-1-3-9-17/h1-13,22H,14-16H2,(H2,25,29)(H,26,28)/t22-/m0/s1. The second-order valence-electron chi connectivity index (χ2n) is 7.26. The fourth-order valence-corrected chi connectivity index (χ4v) is 3.86. The maximum Gasteiger partial charge on any atom is 0.238 e. The number of amides is 2. The molecule has 0 saturated carbocycles. The van der Waals surface area contributed by atoms with Gasteiger partial charge in [0.05, 0.1) is 12.6 Å². The van der Waals surface area contributed by atoms with Crippen molar-refractivity contribution in [3.63, 3.8) is 0 Å². The van der Waals surface area contributed by atoms with Crippen LogP contribution in [0, 0.1) is 0 Å². The van der Waals surface area contributed by atoms with Crippen molar-refractivity contribution in [2.45, 2.75) is 19.0 Å². The van der Waals surface area contributed by atoms with Crippen LogP contribution in [0.3, 0.4) is 0 Å². The van der Waals surface area contributed by atoms with Gasteiger partial charge in [-0.05, 0) is 29.2 Å². The van der Waals surface area contributed by atoms with Gasteiger partial charge in [-0.15, -0.1) is 0 Å². The number of anilines is 1. The molecule has 0 saturated heterocycles. The molecule has 0 unspecified atom stereocenters. The third-order valence-corrected chi connectivity index (χ3v) is 5.31. The van der Waals surface area contributed by atoms with E-state index in [4.69, 9.17) is 5.73 Å². The molecule has 29 heavy (non-hydrogen) atoms. The van der Waals surface area contributed by atoms with Gasteiger partial charge >= 0.3 is 0 Å². The predicted molar refractivity (Wildman–Crippen MR) is 114 cm³/mol. The van der Waals surface area contributed by atoms with Crippen molar-refractivity contribution in [2.75, 3.05) is 11.9 Å². The maximum absolute atomic E-state index is 12.8. The van der Waals surface area contributed by atoms with Crippen molar-refractivity contribution in [2.24, 2.45) is 5.73 Å². The summed E-state index contributed by atoms with van der Waals surface area (Å²) in [6.45, 7) is 0.628. The molecule has 1 aliphatic heterocycles. The summed E-state index contributed by atoms with van der Waals surface area (Å²) in [5.74, 6) is -0.573. The number of hydrogen-bond donors (Lipinski definition) is 2. The summed E-state index contributed by atoms with van der Waals surface area (Å²) in [5.41, 5.74) is 10.6. The number of carbonyl (C=O) groups excluding carboxylic acids is 2. The zero-order chi connectivity index (χ0) is 20.2. The normalized spacial score (nSPS) is 16.1. The van der Waals surface area contributed by atoms with E-state index in [1.54, 1.807) is 0 Å². The SMILES string of the molecule is NC(=O)[C@@H]1Cc2ccccc2CN1CC(=O)Nc1ccccc1-c1ccccc1. The van der Waals surface area contributed by atoms with Crippen molar-refractivity contribution in [3.05, 3.63) is 90.0 Å². The summed E-state index contributed by atoms with van der Waals surface area (Å²) in [7, 11) is 0. The molecule has 1 heterocycles. The van der Waals surface area contributed by atoms with Crippen LogP contribution in [0.4, 0.5) is 5.69 Å². The van der Waals surface area contributed by atoms with Crippen LogP contribution in [0.2, 0.25) is 0 Å². The van der Waals surface area contributed by atoms with Gasteiger partial charge in [0.15, 0.2) is 0 Å². The van der Waals surface area contributed by atoms with Crippen molar-refractivity contribution >= 4 is 17.5 Å². The Bertz CT molecular complexity index is 1030. The van der Waals surface area contributed by atoms with Gasteiger partial charge in [-0.2, -0.15) is 0 Å². The molecule has 3 N–H and O–H groups in total. The van der Waals surface area contributed by atoms with Gasteiger partial charge in [-0.25, -0.2) is 0 Å². The molecule has 0 bridgehead atoms. The van der Waals surface area contributed by atoms with Crippen LogP contribution in [-0.4, -0.2) is 29.3 Å². The molecule has 146 valence electrons. The van der Waals surface area contributed by atoms with E-state index in [2.05, 4.69) is 5.32 Å². The number of fused-ring (bicyclic) bond motifs is 1. The third-order valence-electron chi connectivity index (χ3n) is 5.31. The summed E-state index contributed by atoms with van der Waals surface area (Å²) in [5, 5.41) is 3.01. The first-order chi connectivity index (χ1) is 14.1. The summed E-state index contributed by atoms with van der Waals surface area (Å²) >= 11 is 0. The average molecular weight is 385 g/mol. The lowest BCUT2D eigenvalue weighted by Crippen LogP contribution is -2.50. The van der Waals surface area contributed by atoms with E-state index < -0.39 is 11.9 Å². The summed E-state index contributed by atoms with van der Waals surface area (Å²) in [4.78, 5) is 26.7. The van der Waals surface area contributed by atoms with Crippen LogP contribution < -0.4 is 11.1 Å². The molecule has 0 fully saturated rings. The van der Waals surface area contributed by atoms with Crippen LogP contribution in [0.25, 0.3) is 11.1 Å². The quantitative estimate of drug-likeness (QED) is 0.708. The van der Waals surface area contributed by atoms with Crippen molar-refractivity contribution < 1.29 is 9.59 Å². The first-order valence-corrected chi connectivity index (χ1v) is 9.66. The van der Waals surface area contributed by atoms with Crippen LogP contribution >= 0.6 is 0 Å². The minimum absolute atomic E-state index is 0.102. The zero-order valence-electron chi connectivity index (χ0n) is 16.0. The van der Waals surface area contributed by atoms with Crippen LogP contribution in [0.1, 0.15) is 11.1 Å². The lowest BCUT2D eigenvalue weighted by atomic mass is 9.93. The number of para-hydroxylation sites is 1. The second kappa shape index (κ2) is 8.29. The molecule has 5 heteroatoms. The third kappa shape index (κ3) is 4.20. The van der Waals surface area contributed by atoms with Gasteiger partial charge in [0.25, 0.3) is 0 Å². The molecule has 3 aromatic rings. The Balaban J connectivity index is 1.52. The van der Waals surface area contributed by atoms with E-state index >= 15 is 0 Å². The average Bonchev–Trinajstić information content (AvgIpc) is 2.74. The molecule has 0 radical (unpaired) electrons. The van der Waals surface area contributed by atoms with Crippen LogP contribution in [-0.2, 0) is 22.6 Å². The summed E-state index contributed by atoms with van der Waals surface area (Å²) in [6, 6.07) is 25.1. The van der Waals surface area contributed by atoms with Crippen molar-refractivity contribution in [3.8, 4) is 11.1 Å². The number of hydrogen-bond acceptors (Lipinski definition) is 3. The second-order valence-corrected chi connectivity index (χ2v) is 7.26. The Morgan fingerprint density at radius 1 is 0.897 bits per heavy atom. The highest BCUT2D eigenvalue weighted by Gasteiger charge is 2.31. The van der Waals surface area contributed by atoms with E-state index in [0.717, 1.165) is 27.9 Å². The van der Waals surface area contributed by atoms with E-state index in [0.29, 0.717) is 13.0 Å².